The number of hydrogen-bond acceptors (Lipinski definition) is 4. The molecule has 1 heterocycles. The molecule has 6 heteroatoms. The molecule has 0 radical (unpaired) electrons. The van der Waals surface area contributed by atoms with E-state index in [1.807, 2.05) is 51.1 Å². The summed E-state index contributed by atoms with van der Waals surface area (Å²) >= 11 is 0. The number of carbonyl (C=O) groups is 2. The van der Waals surface area contributed by atoms with Gasteiger partial charge in [-0.05, 0) is 37.5 Å². The second kappa shape index (κ2) is 8.44. The highest BCUT2D eigenvalue weighted by Gasteiger charge is 2.47. The quantitative estimate of drug-likeness (QED) is 0.440. The summed E-state index contributed by atoms with van der Waals surface area (Å²) in [5.74, 6) is -0.821. The topological polar surface area (TPSA) is 55.8 Å². The Bertz CT molecular complexity index is 769. The second-order valence-corrected chi connectivity index (χ2v) is 14.4. The Morgan fingerprint density at radius 2 is 1.79 bits per heavy atom. The van der Waals surface area contributed by atoms with Crippen molar-refractivity contribution in [2.75, 3.05) is 0 Å². The summed E-state index contributed by atoms with van der Waals surface area (Å²) in [6.45, 7) is 20.4. The molecule has 0 bridgehead atoms. The maximum atomic E-state index is 13.3. The summed E-state index contributed by atoms with van der Waals surface area (Å²) in [4.78, 5) is 27.2. The first kappa shape index (κ1) is 23.4. The van der Waals surface area contributed by atoms with Crippen LogP contribution >= 0.6 is 0 Å². The van der Waals surface area contributed by atoms with Crippen LogP contribution in [-0.4, -0.2) is 37.4 Å². The first-order valence-corrected chi connectivity index (χ1v) is 13.1. The van der Waals surface area contributed by atoms with Crippen molar-refractivity contribution >= 4 is 20.3 Å². The average Bonchev–Trinajstić information content (AvgIpc) is 2.92. The van der Waals surface area contributed by atoms with Crippen LogP contribution in [0, 0.1) is 5.92 Å². The van der Waals surface area contributed by atoms with E-state index in [2.05, 4.69) is 40.4 Å². The standard InChI is InChI=1S/C23H35NO4Si/c1-15(2)19(28-29(8,9)23(5,6)7)16(3)21(25)24-17(4)20(27-22(24)26)18-13-11-10-12-14-18/h10-14,16-17,19-20H,1H2,2-9H3/t16-,17-,19+,20-/m1/s1. The van der Waals surface area contributed by atoms with Gasteiger partial charge in [0.2, 0.25) is 5.91 Å². The number of rotatable bonds is 6. The predicted octanol–water partition coefficient (Wildman–Crippen LogP) is 5.70. The molecule has 2 amide bonds. The van der Waals surface area contributed by atoms with E-state index in [4.69, 9.17) is 9.16 Å². The van der Waals surface area contributed by atoms with Crippen LogP contribution < -0.4 is 0 Å². The molecule has 1 aromatic carbocycles. The molecule has 1 fully saturated rings. The highest BCUT2D eigenvalue weighted by molar-refractivity contribution is 6.74. The predicted molar refractivity (Wildman–Crippen MR) is 118 cm³/mol. The van der Waals surface area contributed by atoms with Crippen molar-refractivity contribution in [1.82, 2.24) is 4.90 Å². The number of carbonyl (C=O) groups excluding carboxylic acids is 2. The van der Waals surface area contributed by atoms with Crippen molar-refractivity contribution in [3.05, 3.63) is 48.0 Å². The molecular formula is C23H35NO4Si. The second-order valence-electron chi connectivity index (χ2n) is 9.60. The van der Waals surface area contributed by atoms with E-state index in [-0.39, 0.29) is 10.9 Å². The molecule has 0 aromatic heterocycles. The number of nitrogens with zero attached hydrogens (tertiary/aromatic N) is 1. The monoisotopic (exact) mass is 417 g/mol. The smallest absolute Gasteiger partial charge is 0.417 e. The molecule has 0 spiro atoms. The third-order valence-electron chi connectivity index (χ3n) is 6.19. The highest BCUT2D eigenvalue weighted by atomic mass is 28.4. The minimum Gasteiger partial charge on any atom is -0.439 e. The van der Waals surface area contributed by atoms with Gasteiger partial charge in [-0.1, -0.05) is 70.2 Å². The van der Waals surface area contributed by atoms with Crippen LogP contribution in [0.5, 0.6) is 0 Å². The van der Waals surface area contributed by atoms with Crippen molar-refractivity contribution < 1.29 is 18.8 Å². The Morgan fingerprint density at radius 3 is 2.28 bits per heavy atom. The number of ether oxygens (including phenoxy) is 1. The number of benzene rings is 1. The number of amides is 2. The summed E-state index contributed by atoms with van der Waals surface area (Å²) in [6, 6.07) is 9.12. The molecular weight excluding hydrogens is 382 g/mol. The number of hydrogen-bond donors (Lipinski definition) is 0. The summed E-state index contributed by atoms with van der Waals surface area (Å²) in [6.07, 6.45) is -1.51. The van der Waals surface area contributed by atoms with Crippen molar-refractivity contribution in [2.45, 2.75) is 77.9 Å². The van der Waals surface area contributed by atoms with Gasteiger partial charge in [-0.25, -0.2) is 9.69 Å². The zero-order valence-electron chi connectivity index (χ0n) is 19.0. The summed E-state index contributed by atoms with van der Waals surface area (Å²) < 4.78 is 12.1. The zero-order valence-corrected chi connectivity index (χ0v) is 20.0. The van der Waals surface area contributed by atoms with Gasteiger partial charge in [0.15, 0.2) is 8.32 Å². The molecule has 1 saturated heterocycles. The van der Waals surface area contributed by atoms with E-state index in [9.17, 15) is 9.59 Å². The fraction of sp³-hybridized carbons (Fsp3) is 0.565. The van der Waals surface area contributed by atoms with E-state index >= 15 is 0 Å². The van der Waals surface area contributed by atoms with Gasteiger partial charge in [0.25, 0.3) is 0 Å². The van der Waals surface area contributed by atoms with Crippen LogP contribution in [0.1, 0.15) is 53.2 Å². The van der Waals surface area contributed by atoms with Crippen LogP contribution in [0.3, 0.4) is 0 Å². The fourth-order valence-corrected chi connectivity index (χ4v) is 4.71. The van der Waals surface area contributed by atoms with Crippen LogP contribution in [0.15, 0.2) is 42.5 Å². The van der Waals surface area contributed by atoms with Gasteiger partial charge in [0.1, 0.15) is 6.10 Å². The fourth-order valence-electron chi connectivity index (χ4n) is 3.32. The first-order valence-electron chi connectivity index (χ1n) is 10.2. The third-order valence-corrected chi connectivity index (χ3v) is 10.6. The molecule has 0 unspecified atom stereocenters. The highest BCUT2D eigenvalue weighted by Crippen LogP contribution is 2.40. The van der Waals surface area contributed by atoms with Gasteiger partial charge in [-0.3, -0.25) is 4.79 Å². The number of imide groups is 1. The molecule has 0 aliphatic carbocycles. The lowest BCUT2D eigenvalue weighted by Gasteiger charge is -2.41. The zero-order chi connectivity index (χ0) is 22.1. The molecule has 1 aliphatic rings. The van der Waals surface area contributed by atoms with E-state index in [0.29, 0.717) is 0 Å². The van der Waals surface area contributed by atoms with Crippen LogP contribution in [0.4, 0.5) is 4.79 Å². The molecule has 1 aromatic rings. The van der Waals surface area contributed by atoms with Crippen molar-refractivity contribution in [3.63, 3.8) is 0 Å². The summed E-state index contributed by atoms with van der Waals surface area (Å²) in [5, 5.41) is 0.00173. The summed E-state index contributed by atoms with van der Waals surface area (Å²) in [7, 11) is -2.13. The molecule has 2 rings (SSSR count). The lowest BCUT2D eigenvalue weighted by molar-refractivity contribution is -0.135. The Labute approximate surface area is 176 Å². The Kier molecular flexibility index (Phi) is 6.80. The number of cyclic esters (lactones) is 1. The van der Waals surface area contributed by atoms with E-state index in [1.165, 1.54) is 4.90 Å². The van der Waals surface area contributed by atoms with Crippen LogP contribution in [-0.2, 0) is 14.0 Å². The Hall–Kier alpha value is -1.92. The molecule has 0 N–H and O–H groups in total. The maximum Gasteiger partial charge on any atom is 0.417 e. The normalized spacial score (nSPS) is 22.2. The van der Waals surface area contributed by atoms with E-state index in [1.54, 1.807) is 0 Å². The van der Waals surface area contributed by atoms with Crippen molar-refractivity contribution in [1.29, 1.82) is 0 Å². The van der Waals surface area contributed by atoms with Gasteiger partial charge in [0, 0.05) is 0 Å². The van der Waals surface area contributed by atoms with Crippen molar-refractivity contribution in [2.24, 2.45) is 5.92 Å². The van der Waals surface area contributed by atoms with Crippen LogP contribution in [0.25, 0.3) is 0 Å². The SMILES string of the molecule is C=C(C)[C@H](O[Si](C)(C)C(C)(C)C)[C@@H](C)C(=O)N1C(=O)O[C@@H](c2ccccc2)[C@H]1C. The molecule has 5 nitrogen and oxygen atoms in total. The average molecular weight is 418 g/mol. The maximum absolute atomic E-state index is 13.3. The van der Waals surface area contributed by atoms with Gasteiger partial charge < -0.3 is 9.16 Å². The summed E-state index contributed by atoms with van der Waals surface area (Å²) in [5.41, 5.74) is 1.67. The minimum atomic E-state index is -2.13. The van der Waals surface area contributed by atoms with E-state index in [0.717, 1.165) is 11.1 Å². The van der Waals surface area contributed by atoms with Gasteiger partial charge in [-0.2, -0.15) is 0 Å². The molecule has 0 saturated carbocycles. The largest absolute Gasteiger partial charge is 0.439 e. The minimum absolute atomic E-state index is 0.00173. The Morgan fingerprint density at radius 1 is 1.24 bits per heavy atom. The van der Waals surface area contributed by atoms with Gasteiger partial charge in [0.05, 0.1) is 18.1 Å². The lowest BCUT2D eigenvalue weighted by Crippen LogP contribution is -2.50. The lowest BCUT2D eigenvalue weighted by atomic mass is 9.96. The Balaban J connectivity index is 2.24. The van der Waals surface area contributed by atoms with Crippen molar-refractivity contribution in [3.8, 4) is 0 Å². The van der Waals surface area contributed by atoms with Crippen LogP contribution in [0.2, 0.25) is 18.1 Å². The molecule has 29 heavy (non-hydrogen) atoms. The van der Waals surface area contributed by atoms with Gasteiger partial charge >= 0.3 is 6.09 Å². The molecule has 4 atom stereocenters. The third kappa shape index (κ3) is 4.81. The molecule has 160 valence electrons. The molecule has 1 aliphatic heterocycles. The van der Waals surface area contributed by atoms with Gasteiger partial charge in [-0.15, -0.1) is 0 Å². The van der Waals surface area contributed by atoms with E-state index < -0.39 is 38.6 Å². The first-order chi connectivity index (χ1) is 13.3.